The minimum Gasteiger partial charge on any atom is -0.326 e. The Balaban J connectivity index is 1.69. The number of hydrogen-bond acceptors (Lipinski definition) is 2. The van der Waals surface area contributed by atoms with Crippen LogP contribution in [0.5, 0.6) is 0 Å². The zero-order chi connectivity index (χ0) is 11.2. The Morgan fingerprint density at radius 3 is 2.56 bits per heavy atom. The van der Waals surface area contributed by atoms with Crippen LogP contribution in [0.25, 0.3) is 0 Å². The van der Waals surface area contributed by atoms with Crippen LogP contribution in [0.3, 0.4) is 0 Å². The van der Waals surface area contributed by atoms with E-state index in [0.29, 0.717) is 0 Å². The fourth-order valence-corrected chi connectivity index (χ4v) is 2.44. The number of nitrogens with two attached hydrogens (primary N) is 1. The topological polar surface area (TPSA) is 38.0 Å². The summed E-state index contributed by atoms with van der Waals surface area (Å²) >= 11 is 0. The van der Waals surface area contributed by atoms with Gasteiger partial charge in [-0.25, -0.2) is 0 Å². The Hall–Kier alpha value is -0.860. The van der Waals surface area contributed by atoms with Gasteiger partial charge in [0.15, 0.2) is 0 Å². The monoisotopic (exact) mass is 218 g/mol. The fourth-order valence-electron chi connectivity index (χ4n) is 2.44. The molecule has 2 rings (SSSR count). The number of rotatable bonds is 5. The van der Waals surface area contributed by atoms with Gasteiger partial charge in [0.05, 0.1) is 0 Å². The lowest BCUT2D eigenvalue weighted by atomic mass is 10.1. The van der Waals surface area contributed by atoms with Gasteiger partial charge in [0.25, 0.3) is 0 Å². The highest BCUT2D eigenvalue weighted by Gasteiger charge is 2.15. The van der Waals surface area contributed by atoms with Crippen molar-refractivity contribution in [2.45, 2.75) is 44.2 Å². The molecule has 1 aromatic rings. The number of hydrogen-bond donors (Lipinski definition) is 2. The third kappa shape index (κ3) is 3.62. The van der Waals surface area contributed by atoms with Gasteiger partial charge in [-0.2, -0.15) is 0 Å². The average Bonchev–Trinajstić information content (AvgIpc) is 2.81. The molecule has 0 amide bonds. The Bertz CT molecular complexity index is 291. The van der Waals surface area contributed by atoms with Crippen molar-refractivity contribution in [2.24, 2.45) is 5.73 Å². The van der Waals surface area contributed by atoms with Crippen LogP contribution >= 0.6 is 0 Å². The summed E-state index contributed by atoms with van der Waals surface area (Å²) in [6.45, 7) is 0.944. The Morgan fingerprint density at radius 2 is 1.88 bits per heavy atom. The van der Waals surface area contributed by atoms with E-state index in [1.54, 1.807) is 0 Å². The molecule has 1 atom stereocenters. The van der Waals surface area contributed by atoms with E-state index in [0.717, 1.165) is 19.0 Å². The second kappa shape index (κ2) is 6.02. The maximum Gasteiger partial charge on any atom is 0.0206 e. The zero-order valence-corrected chi connectivity index (χ0v) is 9.86. The Kier molecular flexibility index (Phi) is 4.37. The molecular weight excluding hydrogens is 196 g/mol. The molecular formula is C14H22N2. The molecule has 1 aliphatic carbocycles. The van der Waals surface area contributed by atoms with Gasteiger partial charge in [-0.1, -0.05) is 43.2 Å². The van der Waals surface area contributed by atoms with Crippen LogP contribution in [0, 0.1) is 0 Å². The molecule has 0 aromatic heterocycles. The van der Waals surface area contributed by atoms with Crippen LogP contribution in [-0.4, -0.2) is 18.6 Å². The molecule has 3 N–H and O–H groups in total. The normalized spacial score (nSPS) is 18.8. The van der Waals surface area contributed by atoms with Crippen LogP contribution in [-0.2, 0) is 6.42 Å². The quantitative estimate of drug-likeness (QED) is 0.794. The molecule has 0 radical (unpaired) electrons. The van der Waals surface area contributed by atoms with Crippen molar-refractivity contribution >= 4 is 0 Å². The Morgan fingerprint density at radius 1 is 1.19 bits per heavy atom. The molecule has 0 bridgehead atoms. The van der Waals surface area contributed by atoms with E-state index in [2.05, 4.69) is 29.6 Å². The lowest BCUT2D eigenvalue weighted by molar-refractivity contribution is 0.484. The minimum absolute atomic E-state index is 0.239. The molecule has 1 aromatic carbocycles. The first-order valence-electron chi connectivity index (χ1n) is 6.37. The highest BCUT2D eigenvalue weighted by atomic mass is 14.9. The molecule has 1 aliphatic rings. The highest BCUT2D eigenvalue weighted by molar-refractivity contribution is 5.15. The average molecular weight is 218 g/mol. The number of nitrogens with one attached hydrogen (secondary N) is 1. The SMILES string of the molecule is N[C@@H](CNC1CCCC1)Cc1ccccc1. The van der Waals surface area contributed by atoms with Crippen molar-refractivity contribution in [3.8, 4) is 0 Å². The maximum atomic E-state index is 6.12. The molecule has 2 heteroatoms. The molecule has 0 heterocycles. The molecule has 88 valence electrons. The van der Waals surface area contributed by atoms with Crippen LogP contribution in [0.4, 0.5) is 0 Å². The van der Waals surface area contributed by atoms with E-state index in [-0.39, 0.29) is 6.04 Å². The lowest BCUT2D eigenvalue weighted by Crippen LogP contribution is -2.39. The second-order valence-corrected chi connectivity index (χ2v) is 4.84. The molecule has 1 saturated carbocycles. The van der Waals surface area contributed by atoms with Crippen LogP contribution < -0.4 is 11.1 Å². The third-order valence-corrected chi connectivity index (χ3v) is 3.36. The summed E-state index contributed by atoms with van der Waals surface area (Å²) in [4.78, 5) is 0. The summed E-state index contributed by atoms with van der Waals surface area (Å²) in [6.07, 6.45) is 6.40. The van der Waals surface area contributed by atoms with E-state index in [1.165, 1.54) is 31.2 Å². The van der Waals surface area contributed by atoms with E-state index < -0.39 is 0 Å². The van der Waals surface area contributed by atoms with Crippen molar-refractivity contribution in [1.29, 1.82) is 0 Å². The zero-order valence-electron chi connectivity index (χ0n) is 9.86. The van der Waals surface area contributed by atoms with E-state index >= 15 is 0 Å². The predicted octanol–water partition coefficient (Wildman–Crippen LogP) is 2.09. The third-order valence-electron chi connectivity index (χ3n) is 3.36. The largest absolute Gasteiger partial charge is 0.326 e. The van der Waals surface area contributed by atoms with E-state index in [1.807, 2.05) is 6.07 Å². The molecule has 16 heavy (non-hydrogen) atoms. The summed E-state index contributed by atoms with van der Waals surface area (Å²) in [5.41, 5.74) is 7.46. The summed E-state index contributed by atoms with van der Waals surface area (Å²) in [7, 11) is 0. The fraction of sp³-hybridized carbons (Fsp3) is 0.571. The van der Waals surface area contributed by atoms with Gasteiger partial charge < -0.3 is 11.1 Å². The smallest absolute Gasteiger partial charge is 0.0206 e. The van der Waals surface area contributed by atoms with Gasteiger partial charge in [-0.05, 0) is 24.8 Å². The first-order chi connectivity index (χ1) is 7.84. The molecule has 0 unspecified atom stereocenters. The Labute approximate surface area is 98.2 Å². The van der Waals surface area contributed by atoms with Crippen LogP contribution in [0.1, 0.15) is 31.2 Å². The van der Waals surface area contributed by atoms with Crippen LogP contribution in [0.15, 0.2) is 30.3 Å². The highest BCUT2D eigenvalue weighted by Crippen LogP contribution is 2.17. The standard InChI is InChI=1S/C14H22N2/c15-13(10-12-6-2-1-3-7-12)11-16-14-8-4-5-9-14/h1-3,6-7,13-14,16H,4-5,8-11,15H2/t13-/m1/s1. The van der Waals surface area contributed by atoms with Gasteiger partial charge in [-0.3, -0.25) is 0 Å². The van der Waals surface area contributed by atoms with Crippen LogP contribution in [0.2, 0.25) is 0 Å². The van der Waals surface area contributed by atoms with Gasteiger partial charge in [0.1, 0.15) is 0 Å². The van der Waals surface area contributed by atoms with Crippen molar-refractivity contribution < 1.29 is 0 Å². The van der Waals surface area contributed by atoms with Gasteiger partial charge >= 0.3 is 0 Å². The summed E-state index contributed by atoms with van der Waals surface area (Å²) < 4.78 is 0. The summed E-state index contributed by atoms with van der Waals surface area (Å²) in [6, 6.07) is 11.5. The minimum atomic E-state index is 0.239. The predicted molar refractivity (Wildman–Crippen MR) is 68.4 cm³/mol. The molecule has 0 saturated heterocycles. The van der Waals surface area contributed by atoms with Crippen molar-refractivity contribution in [3.05, 3.63) is 35.9 Å². The van der Waals surface area contributed by atoms with E-state index in [4.69, 9.17) is 5.73 Å². The summed E-state index contributed by atoms with van der Waals surface area (Å²) in [5, 5.41) is 3.58. The molecule has 1 fully saturated rings. The number of benzene rings is 1. The lowest BCUT2D eigenvalue weighted by Gasteiger charge is -2.16. The molecule has 0 spiro atoms. The van der Waals surface area contributed by atoms with Gasteiger partial charge in [-0.15, -0.1) is 0 Å². The van der Waals surface area contributed by atoms with E-state index in [9.17, 15) is 0 Å². The van der Waals surface area contributed by atoms with Gasteiger partial charge in [0.2, 0.25) is 0 Å². The van der Waals surface area contributed by atoms with Crippen molar-refractivity contribution in [3.63, 3.8) is 0 Å². The molecule has 0 aliphatic heterocycles. The second-order valence-electron chi connectivity index (χ2n) is 4.84. The van der Waals surface area contributed by atoms with Crippen molar-refractivity contribution in [1.82, 2.24) is 5.32 Å². The van der Waals surface area contributed by atoms with Crippen molar-refractivity contribution in [2.75, 3.05) is 6.54 Å². The first kappa shape index (κ1) is 11.6. The summed E-state index contributed by atoms with van der Waals surface area (Å²) in [5.74, 6) is 0. The first-order valence-corrected chi connectivity index (χ1v) is 6.37. The maximum absolute atomic E-state index is 6.12. The molecule has 2 nitrogen and oxygen atoms in total. The van der Waals surface area contributed by atoms with Gasteiger partial charge in [0, 0.05) is 18.6 Å².